The van der Waals surface area contributed by atoms with Crippen LogP contribution in [0.2, 0.25) is 0 Å². The minimum absolute atomic E-state index is 0.0562. The van der Waals surface area contributed by atoms with E-state index in [0.29, 0.717) is 12.3 Å². The van der Waals surface area contributed by atoms with Crippen molar-refractivity contribution >= 4 is 11.7 Å². The van der Waals surface area contributed by atoms with Crippen molar-refractivity contribution in [3.05, 3.63) is 40.9 Å². The maximum Gasteiger partial charge on any atom is 0.224 e. The van der Waals surface area contributed by atoms with Gasteiger partial charge in [0.05, 0.1) is 24.3 Å². The third kappa shape index (κ3) is 4.40. The van der Waals surface area contributed by atoms with E-state index >= 15 is 0 Å². The Balaban J connectivity index is 1.53. The molecular formula is C19H26N4O3. The fourth-order valence-electron chi connectivity index (χ4n) is 3.25. The standard InChI is InChI=1S/C19H26N4O3/c1-12-10-23(11-13(2)25-12)18-6-5-16(8-20-18)9-21-19(24)7-17-14(3)22-26-15(17)4/h5-6,8,12-13H,7,9-11H2,1-4H3,(H,21,24)/t12-,13+. The molecule has 1 fully saturated rings. The first-order chi connectivity index (χ1) is 12.4. The lowest BCUT2D eigenvalue weighted by atomic mass is 10.1. The minimum Gasteiger partial charge on any atom is -0.372 e. The van der Waals surface area contributed by atoms with E-state index < -0.39 is 0 Å². The summed E-state index contributed by atoms with van der Waals surface area (Å²) >= 11 is 0. The zero-order valence-electron chi connectivity index (χ0n) is 15.8. The number of nitrogens with zero attached hydrogens (tertiary/aromatic N) is 3. The average molecular weight is 358 g/mol. The minimum atomic E-state index is -0.0562. The molecule has 3 heterocycles. The van der Waals surface area contributed by atoms with Gasteiger partial charge in [-0.3, -0.25) is 4.79 Å². The predicted molar refractivity (Wildman–Crippen MR) is 98.0 cm³/mol. The molecule has 0 saturated carbocycles. The molecule has 0 bridgehead atoms. The van der Waals surface area contributed by atoms with Gasteiger partial charge in [0.2, 0.25) is 5.91 Å². The molecule has 1 N–H and O–H groups in total. The third-order valence-corrected chi connectivity index (χ3v) is 4.56. The number of morpholine rings is 1. The summed E-state index contributed by atoms with van der Waals surface area (Å²) < 4.78 is 10.8. The van der Waals surface area contributed by atoms with Crippen LogP contribution in [0, 0.1) is 13.8 Å². The van der Waals surface area contributed by atoms with E-state index in [-0.39, 0.29) is 24.5 Å². The normalized spacial score (nSPS) is 20.2. The number of anilines is 1. The van der Waals surface area contributed by atoms with Gasteiger partial charge in [-0.05, 0) is 39.3 Å². The molecule has 1 saturated heterocycles. The van der Waals surface area contributed by atoms with E-state index in [9.17, 15) is 4.79 Å². The summed E-state index contributed by atoms with van der Waals surface area (Å²) in [5.41, 5.74) is 2.58. The van der Waals surface area contributed by atoms with Crippen LogP contribution in [0.3, 0.4) is 0 Å². The Bertz CT molecular complexity index is 727. The van der Waals surface area contributed by atoms with Crippen LogP contribution in [0.4, 0.5) is 5.82 Å². The molecule has 7 heteroatoms. The van der Waals surface area contributed by atoms with Crippen molar-refractivity contribution in [1.29, 1.82) is 0 Å². The Labute approximate surface area is 153 Å². The lowest BCUT2D eigenvalue weighted by Gasteiger charge is -2.36. The van der Waals surface area contributed by atoms with Gasteiger partial charge in [-0.2, -0.15) is 0 Å². The Morgan fingerprint density at radius 3 is 2.58 bits per heavy atom. The second-order valence-corrected chi connectivity index (χ2v) is 6.94. The van der Waals surface area contributed by atoms with Crippen LogP contribution in [0.25, 0.3) is 0 Å². The van der Waals surface area contributed by atoms with Gasteiger partial charge in [-0.1, -0.05) is 11.2 Å². The molecule has 2 atom stereocenters. The highest BCUT2D eigenvalue weighted by molar-refractivity contribution is 5.79. The van der Waals surface area contributed by atoms with E-state index in [4.69, 9.17) is 9.26 Å². The Hall–Kier alpha value is -2.41. The summed E-state index contributed by atoms with van der Waals surface area (Å²) in [7, 11) is 0. The van der Waals surface area contributed by atoms with Gasteiger partial charge in [0.15, 0.2) is 0 Å². The quantitative estimate of drug-likeness (QED) is 0.882. The van der Waals surface area contributed by atoms with Crippen LogP contribution in [0.5, 0.6) is 0 Å². The largest absolute Gasteiger partial charge is 0.372 e. The molecular weight excluding hydrogens is 332 g/mol. The zero-order valence-corrected chi connectivity index (χ0v) is 15.8. The van der Waals surface area contributed by atoms with Crippen LogP contribution >= 0.6 is 0 Å². The molecule has 2 aromatic rings. The van der Waals surface area contributed by atoms with Gasteiger partial charge in [0.25, 0.3) is 0 Å². The second-order valence-electron chi connectivity index (χ2n) is 6.94. The average Bonchev–Trinajstić information content (AvgIpc) is 2.91. The fourth-order valence-corrected chi connectivity index (χ4v) is 3.25. The first-order valence-corrected chi connectivity index (χ1v) is 8.96. The van der Waals surface area contributed by atoms with Gasteiger partial charge >= 0.3 is 0 Å². The molecule has 0 radical (unpaired) electrons. The summed E-state index contributed by atoms with van der Waals surface area (Å²) in [5.74, 6) is 1.58. The van der Waals surface area contributed by atoms with Crippen molar-refractivity contribution in [1.82, 2.24) is 15.5 Å². The summed E-state index contributed by atoms with van der Waals surface area (Å²) in [5, 5.41) is 6.80. The summed E-state index contributed by atoms with van der Waals surface area (Å²) in [6.07, 6.45) is 2.49. The third-order valence-electron chi connectivity index (χ3n) is 4.56. The molecule has 3 rings (SSSR count). The van der Waals surface area contributed by atoms with Gasteiger partial charge in [0, 0.05) is 31.4 Å². The van der Waals surface area contributed by atoms with Crippen molar-refractivity contribution < 1.29 is 14.1 Å². The number of carbonyl (C=O) groups excluding carboxylic acids is 1. The maximum absolute atomic E-state index is 12.2. The van der Waals surface area contributed by atoms with Crippen LogP contribution in [-0.4, -0.2) is 41.3 Å². The summed E-state index contributed by atoms with van der Waals surface area (Å²) in [6.45, 7) is 9.94. The van der Waals surface area contributed by atoms with E-state index in [1.807, 2.05) is 32.2 Å². The van der Waals surface area contributed by atoms with E-state index in [2.05, 4.69) is 34.2 Å². The Kier molecular flexibility index (Phi) is 5.56. The molecule has 1 amide bonds. The van der Waals surface area contributed by atoms with Crippen molar-refractivity contribution in [3.63, 3.8) is 0 Å². The topological polar surface area (TPSA) is 80.5 Å². The SMILES string of the molecule is Cc1noc(C)c1CC(=O)NCc1ccc(N2C[C@@H](C)O[C@@H](C)C2)nc1. The van der Waals surface area contributed by atoms with Gasteiger partial charge in [-0.25, -0.2) is 4.98 Å². The number of hydrogen-bond acceptors (Lipinski definition) is 6. The predicted octanol–water partition coefficient (Wildman–Crippen LogP) is 2.16. The molecule has 1 aliphatic rings. The highest BCUT2D eigenvalue weighted by Crippen LogP contribution is 2.18. The summed E-state index contributed by atoms with van der Waals surface area (Å²) in [6, 6.07) is 4.00. The van der Waals surface area contributed by atoms with Crippen LogP contribution in [0.15, 0.2) is 22.9 Å². The molecule has 2 aromatic heterocycles. The molecule has 0 unspecified atom stereocenters. The van der Waals surface area contributed by atoms with E-state index in [1.54, 1.807) is 0 Å². The number of nitrogens with one attached hydrogen (secondary N) is 1. The number of carbonyl (C=O) groups is 1. The van der Waals surface area contributed by atoms with Gasteiger partial charge < -0.3 is 19.5 Å². The van der Waals surface area contributed by atoms with Crippen molar-refractivity contribution in [2.24, 2.45) is 0 Å². The maximum atomic E-state index is 12.2. The number of aryl methyl sites for hydroxylation is 2. The summed E-state index contributed by atoms with van der Waals surface area (Å²) in [4.78, 5) is 18.9. The van der Waals surface area contributed by atoms with Crippen molar-refractivity contribution in [2.45, 2.75) is 52.9 Å². The Morgan fingerprint density at radius 1 is 1.27 bits per heavy atom. The van der Waals surface area contributed by atoms with E-state index in [0.717, 1.165) is 35.7 Å². The smallest absolute Gasteiger partial charge is 0.224 e. The number of rotatable bonds is 5. The first kappa shape index (κ1) is 18.4. The van der Waals surface area contributed by atoms with Gasteiger partial charge in [0.1, 0.15) is 11.6 Å². The first-order valence-electron chi connectivity index (χ1n) is 8.96. The molecule has 0 aromatic carbocycles. The lowest BCUT2D eigenvalue weighted by Crippen LogP contribution is -2.45. The van der Waals surface area contributed by atoms with Crippen molar-refractivity contribution in [2.75, 3.05) is 18.0 Å². The molecule has 140 valence electrons. The number of aromatic nitrogens is 2. The zero-order chi connectivity index (χ0) is 18.7. The highest BCUT2D eigenvalue weighted by Gasteiger charge is 2.23. The van der Waals surface area contributed by atoms with Crippen LogP contribution < -0.4 is 10.2 Å². The fraction of sp³-hybridized carbons (Fsp3) is 0.526. The number of ether oxygens (including phenoxy) is 1. The Morgan fingerprint density at radius 2 is 2.00 bits per heavy atom. The molecule has 26 heavy (non-hydrogen) atoms. The van der Waals surface area contributed by atoms with E-state index in [1.165, 1.54) is 0 Å². The lowest BCUT2D eigenvalue weighted by molar-refractivity contribution is -0.120. The molecule has 0 aliphatic carbocycles. The second kappa shape index (κ2) is 7.86. The van der Waals surface area contributed by atoms with Crippen molar-refractivity contribution in [3.8, 4) is 0 Å². The number of hydrogen-bond donors (Lipinski definition) is 1. The van der Waals surface area contributed by atoms with Crippen LogP contribution in [-0.2, 0) is 22.5 Å². The highest BCUT2D eigenvalue weighted by atomic mass is 16.5. The molecule has 0 spiro atoms. The van der Waals surface area contributed by atoms with Crippen LogP contribution in [0.1, 0.15) is 36.4 Å². The monoisotopic (exact) mass is 358 g/mol. The number of pyridine rings is 1. The molecule has 7 nitrogen and oxygen atoms in total. The number of amides is 1. The molecule has 1 aliphatic heterocycles. The van der Waals surface area contributed by atoms with Gasteiger partial charge in [-0.15, -0.1) is 0 Å².